The molecular weight excluding hydrogens is 458 g/mol. The number of pyridine rings is 1. The number of ether oxygens (including phenoxy) is 3. The second-order valence-electron chi connectivity index (χ2n) is 7.10. The highest BCUT2D eigenvalue weighted by atomic mass is 35.5. The highest BCUT2D eigenvalue weighted by Crippen LogP contribution is 2.40. The minimum atomic E-state index is -1.22. The van der Waals surface area contributed by atoms with E-state index in [1.807, 2.05) is 30.3 Å². The van der Waals surface area contributed by atoms with Crippen molar-refractivity contribution in [3.8, 4) is 0 Å². The lowest BCUT2D eigenvalue weighted by molar-refractivity contribution is -0.297. The largest absolute Gasteiger partial charge is 0.389 e. The summed E-state index contributed by atoms with van der Waals surface area (Å²) >= 11 is 7.13. The Morgan fingerprint density at radius 2 is 2.16 bits per heavy atom. The van der Waals surface area contributed by atoms with Crippen LogP contribution in [0.25, 0.3) is 10.4 Å². The van der Waals surface area contributed by atoms with Gasteiger partial charge in [0, 0.05) is 28.6 Å². The topological polar surface area (TPSA) is 139 Å². The molecule has 1 amide bonds. The van der Waals surface area contributed by atoms with Crippen molar-refractivity contribution < 1.29 is 24.1 Å². The van der Waals surface area contributed by atoms with Crippen molar-refractivity contribution in [2.75, 3.05) is 13.7 Å². The standard InChI is InChI=1S/C20H20ClN5O5S/c1-23-18(28)14-13(7-11(21)8-24-14)32-20-16(27)15(25-26-22)17-12(30-20)9-29-19(31-17)10-5-3-2-4-6-10/h2-8,12,15-17,19-20,27H,9H2,1H3,(H,23,28)/t12?,15?,16?,17-,19?,20+/m0/s1. The van der Waals surface area contributed by atoms with E-state index < -0.39 is 42.0 Å². The number of nitrogens with one attached hydrogen (secondary N) is 1. The van der Waals surface area contributed by atoms with Gasteiger partial charge in [0.1, 0.15) is 29.4 Å². The van der Waals surface area contributed by atoms with Crippen molar-refractivity contribution >= 4 is 29.3 Å². The molecule has 3 heterocycles. The van der Waals surface area contributed by atoms with E-state index in [0.717, 1.165) is 17.3 Å². The van der Waals surface area contributed by atoms with Gasteiger partial charge in [-0.05, 0) is 11.6 Å². The zero-order valence-corrected chi connectivity index (χ0v) is 18.4. The zero-order valence-electron chi connectivity index (χ0n) is 16.9. The molecule has 1 aromatic carbocycles. The van der Waals surface area contributed by atoms with Crippen LogP contribution < -0.4 is 5.32 Å². The van der Waals surface area contributed by atoms with E-state index in [0.29, 0.717) is 9.92 Å². The summed E-state index contributed by atoms with van der Waals surface area (Å²) in [6.45, 7) is 0.168. The van der Waals surface area contributed by atoms with Gasteiger partial charge in [-0.25, -0.2) is 4.98 Å². The average Bonchev–Trinajstić information content (AvgIpc) is 2.81. The van der Waals surface area contributed by atoms with E-state index >= 15 is 0 Å². The number of rotatable bonds is 5. The number of aliphatic hydroxyl groups is 1. The van der Waals surface area contributed by atoms with Crippen LogP contribution in [0.5, 0.6) is 0 Å². The Labute approximate surface area is 192 Å². The van der Waals surface area contributed by atoms with Gasteiger partial charge in [-0.3, -0.25) is 4.79 Å². The number of carbonyl (C=O) groups excluding carboxylic acids is 1. The van der Waals surface area contributed by atoms with Crippen LogP contribution in [0.1, 0.15) is 22.3 Å². The Morgan fingerprint density at radius 1 is 1.38 bits per heavy atom. The Balaban J connectivity index is 1.58. The number of nitrogens with zero attached hydrogens (tertiary/aromatic N) is 4. The number of benzene rings is 1. The van der Waals surface area contributed by atoms with Gasteiger partial charge in [-0.2, -0.15) is 0 Å². The number of carbonyl (C=O) groups is 1. The Hall–Kier alpha value is -2.37. The van der Waals surface area contributed by atoms with Crippen LogP contribution >= 0.6 is 23.4 Å². The number of thioether (sulfide) groups is 1. The van der Waals surface area contributed by atoms with E-state index in [2.05, 4.69) is 20.3 Å². The summed E-state index contributed by atoms with van der Waals surface area (Å²) in [6.07, 6.45) is -1.84. The van der Waals surface area contributed by atoms with Crippen molar-refractivity contribution in [3.05, 3.63) is 69.3 Å². The monoisotopic (exact) mass is 477 g/mol. The summed E-state index contributed by atoms with van der Waals surface area (Å²) in [5.74, 6) is -0.408. The molecular formula is C20H20ClN5O5S. The van der Waals surface area contributed by atoms with Crippen LogP contribution in [0.15, 0.2) is 52.6 Å². The number of aliphatic hydroxyl groups excluding tert-OH is 1. The molecule has 2 aliphatic rings. The van der Waals surface area contributed by atoms with E-state index in [1.165, 1.54) is 13.2 Å². The summed E-state index contributed by atoms with van der Waals surface area (Å²) in [6, 6.07) is 9.96. The molecule has 0 saturated carbocycles. The van der Waals surface area contributed by atoms with Gasteiger partial charge in [0.2, 0.25) is 0 Å². The maximum Gasteiger partial charge on any atom is 0.270 e. The number of aromatic nitrogens is 1. The number of hydrogen-bond acceptors (Lipinski definition) is 8. The molecule has 0 spiro atoms. The molecule has 6 atom stereocenters. The molecule has 4 unspecified atom stereocenters. The first-order valence-corrected chi connectivity index (χ1v) is 11.0. The Morgan fingerprint density at radius 3 is 2.88 bits per heavy atom. The van der Waals surface area contributed by atoms with Gasteiger partial charge in [-0.15, -0.1) is 0 Å². The fourth-order valence-electron chi connectivity index (χ4n) is 3.57. The number of azide groups is 1. The highest BCUT2D eigenvalue weighted by molar-refractivity contribution is 8.00. The number of amides is 1. The zero-order chi connectivity index (χ0) is 22.7. The van der Waals surface area contributed by atoms with Crippen molar-refractivity contribution in [1.29, 1.82) is 0 Å². The predicted octanol–water partition coefficient (Wildman–Crippen LogP) is 3.07. The molecule has 168 valence electrons. The van der Waals surface area contributed by atoms with Crippen LogP contribution in [0.2, 0.25) is 5.02 Å². The second kappa shape index (κ2) is 10.1. The van der Waals surface area contributed by atoms with Crippen LogP contribution in [0.4, 0.5) is 0 Å². The summed E-state index contributed by atoms with van der Waals surface area (Å²) in [7, 11) is 1.49. The van der Waals surface area contributed by atoms with Crippen molar-refractivity contribution in [2.45, 2.75) is 41.0 Å². The fraction of sp³-hybridized carbons (Fsp3) is 0.400. The van der Waals surface area contributed by atoms with Crippen molar-refractivity contribution in [3.63, 3.8) is 0 Å². The Bertz CT molecular complexity index is 1020. The first-order valence-electron chi connectivity index (χ1n) is 9.76. The lowest BCUT2D eigenvalue weighted by Crippen LogP contribution is -2.60. The minimum Gasteiger partial charge on any atom is -0.389 e. The molecule has 0 aliphatic carbocycles. The first kappa shape index (κ1) is 22.8. The third-order valence-electron chi connectivity index (χ3n) is 5.09. The van der Waals surface area contributed by atoms with Gasteiger partial charge in [0.15, 0.2) is 6.29 Å². The minimum absolute atomic E-state index is 0.139. The molecule has 12 heteroatoms. The van der Waals surface area contributed by atoms with Crippen molar-refractivity contribution in [1.82, 2.24) is 10.3 Å². The third-order valence-corrected chi connectivity index (χ3v) is 6.49. The summed E-state index contributed by atoms with van der Waals surface area (Å²) in [5, 5.41) is 17.6. The molecule has 2 saturated heterocycles. The quantitative estimate of drug-likeness (QED) is 0.383. The number of fused-ring (bicyclic) bond motifs is 1. The molecule has 0 bridgehead atoms. The van der Waals surface area contributed by atoms with Gasteiger partial charge in [0.25, 0.3) is 5.91 Å². The molecule has 2 fully saturated rings. The van der Waals surface area contributed by atoms with E-state index in [4.69, 9.17) is 31.3 Å². The maximum atomic E-state index is 12.2. The molecule has 0 radical (unpaired) electrons. The second-order valence-corrected chi connectivity index (χ2v) is 8.68. The van der Waals surface area contributed by atoms with Crippen LogP contribution in [-0.2, 0) is 14.2 Å². The van der Waals surface area contributed by atoms with Gasteiger partial charge in [-0.1, -0.05) is 58.8 Å². The molecule has 4 rings (SSSR count). The number of halogens is 1. The van der Waals surface area contributed by atoms with Gasteiger partial charge in [0.05, 0.1) is 17.7 Å². The smallest absolute Gasteiger partial charge is 0.270 e. The van der Waals surface area contributed by atoms with Crippen molar-refractivity contribution in [2.24, 2.45) is 5.11 Å². The lowest BCUT2D eigenvalue weighted by Gasteiger charge is -2.46. The molecule has 1 aromatic heterocycles. The molecule has 2 N–H and O–H groups in total. The summed E-state index contributed by atoms with van der Waals surface area (Å²) < 4.78 is 17.9. The summed E-state index contributed by atoms with van der Waals surface area (Å²) in [5.41, 5.74) is 9.17. The van der Waals surface area contributed by atoms with Crippen LogP contribution in [-0.4, -0.2) is 59.4 Å². The lowest BCUT2D eigenvalue weighted by atomic mass is 9.97. The Kier molecular flexibility index (Phi) is 7.17. The van der Waals surface area contributed by atoms with E-state index in [1.54, 1.807) is 6.07 Å². The highest BCUT2D eigenvalue weighted by Gasteiger charge is 2.49. The van der Waals surface area contributed by atoms with Crippen LogP contribution in [0, 0.1) is 0 Å². The van der Waals surface area contributed by atoms with E-state index in [-0.39, 0.29) is 12.3 Å². The molecule has 10 nitrogen and oxygen atoms in total. The SMILES string of the molecule is CNC(=O)c1ncc(Cl)cc1S[C@H]1OC2COC(c3ccccc3)O[C@@H]2C(N=[N+]=[N-])C1O. The fourth-order valence-corrected chi connectivity index (χ4v) is 5.00. The predicted molar refractivity (Wildman–Crippen MR) is 116 cm³/mol. The average molecular weight is 478 g/mol. The number of hydrogen-bond donors (Lipinski definition) is 2. The summed E-state index contributed by atoms with van der Waals surface area (Å²) in [4.78, 5) is 19.6. The molecule has 2 aromatic rings. The van der Waals surface area contributed by atoms with Gasteiger partial charge < -0.3 is 24.6 Å². The van der Waals surface area contributed by atoms with Gasteiger partial charge >= 0.3 is 0 Å². The first-order chi connectivity index (χ1) is 15.5. The van der Waals surface area contributed by atoms with Crippen LogP contribution in [0.3, 0.4) is 0 Å². The van der Waals surface area contributed by atoms with E-state index in [9.17, 15) is 9.90 Å². The third kappa shape index (κ3) is 4.69. The molecule has 32 heavy (non-hydrogen) atoms. The normalized spacial score (nSPS) is 29.5. The maximum absolute atomic E-state index is 12.2. The molecule has 2 aliphatic heterocycles.